The third-order valence-electron chi connectivity index (χ3n) is 6.10. The Bertz CT molecular complexity index is 1300. The number of carboxylic acid groups (broad SMARTS) is 2. The Hall–Kier alpha value is 0.703. The Kier molecular flexibility index (Phi) is 25.5. The van der Waals surface area contributed by atoms with Gasteiger partial charge in [0, 0.05) is 0 Å². The number of allylic oxidation sites excluding steroid dienone is 5. The quantitative estimate of drug-likeness (QED) is 0.0981. The van der Waals surface area contributed by atoms with Gasteiger partial charge in [0.05, 0.1) is 30.6 Å². The van der Waals surface area contributed by atoms with Gasteiger partial charge in [-0.1, -0.05) is 105 Å². The molecule has 11 nitrogen and oxygen atoms in total. The molecule has 2 N–H and O–H groups in total. The van der Waals surface area contributed by atoms with Gasteiger partial charge in [-0.2, -0.15) is 0 Å². The van der Waals surface area contributed by atoms with Crippen LogP contribution in [-0.4, -0.2) is 53.8 Å². The minimum Gasteiger partial charge on any atom is -0.548 e. The second-order valence-electron chi connectivity index (χ2n) is 10.8. The van der Waals surface area contributed by atoms with Crippen LogP contribution in [0.2, 0.25) is 0 Å². The fourth-order valence-corrected chi connectivity index (χ4v) is 4.98. The summed E-state index contributed by atoms with van der Waals surface area (Å²) in [5.74, 6) is -6.41. The summed E-state index contributed by atoms with van der Waals surface area (Å²) < 4.78 is 5.20. The molecule has 0 heterocycles. The van der Waals surface area contributed by atoms with Crippen LogP contribution in [0.4, 0.5) is 0 Å². The largest absolute Gasteiger partial charge is 1.00 e. The van der Waals surface area contributed by atoms with Gasteiger partial charge in [-0.15, -0.1) is 0 Å². The van der Waals surface area contributed by atoms with E-state index in [1.807, 2.05) is 6.92 Å². The number of carbonyl (C=O) groups is 6. The predicted molar refractivity (Wildman–Crippen MR) is 166 cm³/mol. The van der Waals surface area contributed by atoms with Crippen LogP contribution in [0.1, 0.15) is 66.7 Å². The molecule has 0 aromatic heterocycles. The van der Waals surface area contributed by atoms with Crippen molar-refractivity contribution in [2.24, 2.45) is 11.8 Å². The first-order valence-corrected chi connectivity index (χ1v) is 15.8. The first-order chi connectivity index (χ1) is 20.9. The van der Waals surface area contributed by atoms with Crippen molar-refractivity contribution < 1.29 is 146 Å². The van der Waals surface area contributed by atoms with E-state index in [0.29, 0.717) is 6.61 Å². The molecular formula is C29H33Cl5K2N2O9. The SMILES string of the molecule is CC(C)CC(NC1=C(Cl)C(=O)C(NC(CC(C)C)C(=O)[O-])=C(Cl)C1=O)C(=O)[O-].CCCCCOC1=C(Cl)C(=O)C(Cl)=C(Cl)C1=O.[K+].[K+]. The molecular weight excluding hydrogens is 776 g/mol. The number of Topliss-reactive ketones (excluding diaryl/α,β-unsaturated/α-hetero) is 4. The molecule has 2 unspecified atom stereocenters. The molecule has 0 saturated carbocycles. The van der Waals surface area contributed by atoms with Crippen LogP contribution < -0.4 is 124 Å². The van der Waals surface area contributed by atoms with Crippen LogP contribution in [0.25, 0.3) is 0 Å². The average molecular weight is 809 g/mol. The number of hydrogen-bond donors (Lipinski definition) is 2. The maximum absolute atomic E-state index is 12.5. The summed E-state index contributed by atoms with van der Waals surface area (Å²) in [7, 11) is 0. The maximum atomic E-state index is 12.5. The summed E-state index contributed by atoms with van der Waals surface area (Å²) in [5, 5.41) is 25.3. The average Bonchev–Trinajstić information content (AvgIpc) is 2.96. The summed E-state index contributed by atoms with van der Waals surface area (Å²) in [6, 6.07) is -2.53. The Morgan fingerprint density at radius 2 is 1.02 bits per heavy atom. The second-order valence-corrected chi connectivity index (χ2v) is 12.7. The number of carbonyl (C=O) groups excluding carboxylic acids is 6. The number of carboxylic acids is 2. The topological polar surface area (TPSA) is 182 Å². The number of ether oxygens (including phenoxy) is 1. The summed E-state index contributed by atoms with van der Waals surface area (Å²) in [4.78, 5) is 70.9. The summed E-state index contributed by atoms with van der Waals surface area (Å²) >= 11 is 28.8. The number of aliphatic carboxylic acids is 2. The van der Waals surface area contributed by atoms with E-state index in [9.17, 15) is 39.0 Å². The predicted octanol–water partition coefficient (Wildman–Crippen LogP) is -2.96. The zero-order valence-electron chi connectivity index (χ0n) is 27.1. The van der Waals surface area contributed by atoms with Crippen LogP contribution in [0.3, 0.4) is 0 Å². The van der Waals surface area contributed by atoms with Crippen LogP contribution in [0, 0.1) is 11.8 Å². The molecule has 0 saturated heterocycles. The number of nitrogens with one attached hydrogen (secondary N) is 2. The fraction of sp³-hybridized carbons (Fsp3) is 0.517. The third kappa shape index (κ3) is 15.1. The molecule has 2 atom stereocenters. The molecule has 2 aliphatic carbocycles. The molecule has 0 amide bonds. The molecule has 18 heteroatoms. The molecule has 0 aliphatic heterocycles. The van der Waals surface area contributed by atoms with Gasteiger partial charge in [0.2, 0.25) is 23.1 Å². The fourth-order valence-electron chi connectivity index (χ4n) is 3.88. The van der Waals surface area contributed by atoms with Gasteiger partial charge >= 0.3 is 103 Å². The zero-order chi connectivity index (χ0) is 34.8. The Balaban J connectivity index is 0. The van der Waals surface area contributed by atoms with Gasteiger partial charge in [-0.05, 0) is 31.1 Å². The normalized spacial score (nSPS) is 16.4. The maximum Gasteiger partial charge on any atom is 1.00 e. The van der Waals surface area contributed by atoms with Crippen molar-refractivity contribution in [1.82, 2.24) is 10.6 Å². The number of ketones is 4. The Morgan fingerprint density at radius 3 is 1.36 bits per heavy atom. The molecule has 250 valence electrons. The van der Waals surface area contributed by atoms with Crippen LogP contribution in [0.5, 0.6) is 0 Å². The van der Waals surface area contributed by atoms with Crippen molar-refractivity contribution in [2.75, 3.05) is 6.61 Å². The van der Waals surface area contributed by atoms with Crippen molar-refractivity contribution in [1.29, 1.82) is 0 Å². The van der Waals surface area contributed by atoms with Gasteiger partial charge in [0.25, 0.3) is 0 Å². The third-order valence-corrected chi connectivity index (χ3v) is 7.99. The van der Waals surface area contributed by atoms with E-state index >= 15 is 0 Å². The smallest absolute Gasteiger partial charge is 0.548 e. The second kappa shape index (κ2) is 24.0. The molecule has 0 fully saturated rings. The van der Waals surface area contributed by atoms with Gasteiger partial charge in [-0.3, -0.25) is 19.2 Å². The van der Waals surface area contributed by atoms with Crippen LogP contribution in [0.15, 0.2) is 42.3 Å². The van der Waals surface area contributed by atoms with Crippen LogP contribution in [-0.2, 0) is 33.5 Å². The van der Waals surface area contributed by atoms with Gasteiger partial charge in [0.1, 0.15) is 36.6 Å². The molecule has 0 bridgehead atoms. The van der Waals surface area contributed by atoms with E-state index in [2.05, 4.69) is 10.6 Å². The van der Waals surface area contributed by atoms with Crippen molar-refractivity contribution in [3.8, 4) is 0 Å². The molecule has 0 aromatic rings. The van der Waals surface area contributed by atoms with Crippen molar-refractivity contribution in [2.45, 2.75) is 78.8 Å². The minimum atomic E-state index is -1.47. The number of unbranched alkanes of at least 4 members (excludes halogenated alkanes) is 2. The van der Waals surface area contributed by atoms with Crippen molar-refractivity contribution >= 4 is 93.1 Å². The van der Waals surface area contributed by atoms with E-state index in [0.717, 1.165) is 19.3 Å². The van der Waals surface area contributed by atoms with Crippen molar-refractivity contribution in [3.63, 3.8) is 0 Å². The first-order valence-electron chi connectivity index (χ1n) is 13.9. The molecule has 47 heavy (non-hydrogen) atoms. The summed E-state index contributed by atoms with van der Waals surface area (Å²) in [6.07, 6.45) is 3.00. The molecule has 0 spiro atoms. The Morgan fingerprint density at radius 1 is 0.638 bits per heavy atom. The zero-order valence-corrected chi connectivity index (χ0v) is 37.1. The molecule has 0 radical (unpaired) electrons. The molecule has 0 aromatic carbocycles. The molecule has 2 rings (SSSR count). The van der Waals surface area contributed by atoms with E-state index in [1.54, 1.807) is 27.7 Å². The summed E-state index contributed by atoms with van der Waals surface area (Å²) in [6.45, 7) is 9.44. The summed E-state index contributed by atoms with van der Waals surface area (Å²) in [5.41, 5.74) is -0.933. The standard InChI is InChI=1S/C18H24Cl2N2O6.C11H11Cl3O3.2K/c1-7(2)5-9(17(25)26)21-13-11(19)16(24)14(12(20)15(13)23)22-10(18(27)28)6-8(3)4;1-2-3-4-5-17-11-8(14)9(15)6(12)7(13)10(11)16;;/h7-10,21-22H,5-6H2,1-4H3,(H,25,26)(H,27,28);2-5H2,1H3;;/q;;2*+1/p-2. The van der Waals surface area contributed by atoms with Gasteiger partial charge in [0.15, 0.2) is 5.76 Å². The number of rotatable bonds is 15. The van der Waals surface area contributed by atoms with E-state index in [1.165, 1.54) is 0 Å². The van der Waals surface area contributed by atoms with E-state index < -0.39 is 68.6 Å². The molecule has 2 aliphatic rings. The number of halogens is 5. The van der Waals surface area contributed by atoms with Crippen LogP contribution >= 0.6 is 58.0 Å². The monoisotopic (exact) mass is 806 g/mol. The van der Waals surface area contributed by atoms with E-state index in [-0.39, 0.29) is 148 Å². The van der Waals surface area contributed by atoms with Gasteiger partial charge in [-0.25, -0.2) is 0 Å². The number of hydrogen-bond acceptors (Lipinski definition) is 11. The van der Waals surface area contributed by atoms with E-state index in [4.69, 9.17) is 62.7 Å². The first kappa shape index (κ1) is 49.8. The minimum absolute atomic E-state index is 0. The van der Waals surface area contributed by atoms with Gasteiger partial charge < -0.3 is 35.2 Å². The Labute approximate surface area is 383 Å². The van der Waals surface area contributed by atoms with Crippen molar-refractivity contribution in [3.05, 3.63) is 42.3 Å².